The zero-order chi connectivity index (χ0) is 11.4. The molecule has 1 saturated heterocycles. The van der Waals surface area contributed by atoms with Gasteiger partial charge in [0.15, 0.2) is 0 Å². The van der Waals surface area contributed by atoms with Crippen LogP contribution in [0.3, 0.4) is 0 Å². The van der Waals surface area contributed by atoms with Gasteiger partial charge in [0.05, 0.1) is 0 Å². The van der Waals surface area contributed by atoms with Crippen LogP contribution in [0.25, 0.3) is 0 Å². The van der Waals surface area contributed by atoms with Crippen molar-refractivity contribution >= 4 is 11.6 Å². The summed E-state index contributed by atoms with van der Waals surface area (Å²) in [6.07, 6.45) is 0. The quantitative estimate of drug-likeness (QED) is 0.812. The van der Waals surface area contributed by atoms with Crippen molar-refractivity contribution in [1.82, 2.24) is 10.2 Å². The number of halogens is 1. The molecule has 1 aliphatic heterocycles. The normalized spacial score (nSPS) is 26.9. The van der Waals surface area contributed by atoms with Crippen LogP contribution >= 0.6 is 11.6 Å². The lowest BCUT2D eigenvalue weighted by molar-refractivity contribution is 0.141. The van der Waals surface area contributed by atoms with Crippen LogP contribution < -0.4 is 5.32 Å². The average Bonchev–Trinajstić information content (AvgIpc) is 2.31. The minimum absolute atomic E-state index is 0.457. The summed E-state index contributed by atoms with van der Waals surface area (Å²) in [5, 5.41) is 3.47. The number of benzene rings is 1. The molecular formula is C13H19ClN2. The molecule has 2 nitrogen and oxygen atoms in total. The van der Waals surface area contributed by atoms with Crippen LogP contribution in [0.2, 0.25) is 0 Å². The molecule has 0 radical (unpaired) electrons. The van der Waals surface area contributed by atoms with E-state index in [2.05, 4.69) is 47.5 Å². The minimum atomic E-state index is 0.457. The van der Waals surface area contributed by atoms with Crippen molar-refractivity contribution in [3.63, 3.8) is 0 Å². The van der Waals surface area contributed by atoms with Gasteiger partial charge in [0.1, 0.15) is 0 Å². The van der Waals surface area contributed by atoms with E-state index in [-0.39, 0.29) is 0 Å². The van der Waals surface area contributed by atoms with E-state index in [0.717, 1.165) is 19.6 Å². The number of alkyl halides is 1. The largest absolute Gasteiger partial charge is 0.311 e. The van der Waals surface area contributed by atoms with Crippen LogP contribution in [0, 0.1) is 0 Å². The van der Waals surface area contributed by atoms with Crippen molar-refractivity contribution in [2.24, 2.45) is 0 Å². The van der Waals surface area contributed by atoms with E-state index in [1.165, 1.54) is 5.56 Å². The molecule has 0 bridgehead atoms. The maximum absolute atomic E-state index is 6.01. The summed E-state index contributed by atoms with van der Waals surface area (Å²) < 4.78 is 0. The molecule has 88 valence electrons. The molecular weight excluding hydrogens is 220 g/mol. The molecule has 0 unspecified atom stereocenters. The first-order valence-corrected chi connectivity index (χ1v) is 6.40. The van der Waals surface area contributed by atoms with Crippen molar-refractivity contribution in [3.05, 3.63) is 35.9 Å². The Morgan fingerprint density at radius 3 is 2.81 bits per heavy atom. The summed E-state index contributed by atoms with van der Waals surface area (Å²) in [6.45, 7) is 5.30. The summed E-state index contributed by atoms with van der Waals surface area (Å²) >= 11 is 6.01. The summed E-state index contributed by atoms with van der Waals surface area (Å²) in [5.41, 5.74) is 1.37. The summed E-state index contributed by atoms with van der Waals surface area (Å²) in [7, 11) is 0. The van der Waals surface area contributed by atoms with Crippen LogP contribution in [-0.4, -0.2) is 36.0 Å². The minimum Gasteiger partial charge on any atom is -0.311 e. The third-order valence-electron chi connectivity index (χ3n) is 3.13. The van der Waals surface area contributed by atoms with Crippen molar-refractivity contribution in [1.29, 1.82) is 0 Å². The molecule has 1 aromatic rings. The van der Waals surface area contributed by atoms with Crippen molar-refractivity contribution in [2.75, 3.05) is 19.0 Å². The van der Waals surface area contributed by atoms with E-state index < -0.39 is 0 Å². The zero-order valence-electron chi connectivity index (χ0n) is 9.70. The molecule has 1 N–H and O–H groups in total. The van der Waals surface area contributed by atoms with Gasteiger partial charge in [-0.2, -0.15) is 0 Å². The van der Waals surface area contributed by atoms with E-state index >= 15 is 0 Å². The van der Waals surface area contributed by atoms with Gasteiger partial charge < -0.3 is 5.32 Å². The Hall–Kier alpha value is -0.570. The Bertz CT molecular complexity index is 315. The molecule has 1 heterocycles. The Kier molecular flexibility index (Phi) is 4.22. The molecule has 1 aromatic carbocycles. The molecule has 2 rings (SSSR count). The van der Waals surface area contributed by atoms with Crippen molar-refractivity contribution < 1.29 is 0 Å². The summed E-state index contributed by atoms with van der Waals surface area (Å²) in [4.78, 5) is 2.48. The van der Waals surface area contributed by atoms with Crippen LogP contribution in [-0.2, 0) is 6.54 Å². The maximum atomic E-state index is 6.01. The molecule has 16 heavy (non-hydrogen) atoms. The number of hydrogen-bond donors (Lipinski definition) is 1. The van der Waals surface area contributed by atoms with E-state index in [0.29, 0.717) is 18.0 Å². The number of nitrogens with one attached hydrogen (secondary N) is 1. The lowest BCUT2D eigenvalue weighted by atomic mass is 10.1. The molecule has 0 aromatic heterocycles. The standard InChI is InChI=1S/C13H19ClN2/c1-11-9-16(13(7-14)8-15-11)10-12-5-3-2-4-6-12/h2-6,11,13,15H,7-10H2,1H3/t11-,13+/m1/s1. The van der Waals surface area contributed by atoms with Crippen LogP contribution in [0.4, 0.5) is 0 Å². The third-order valence-corrected chi connectivity index (χ3v) is 3.49. The van der Waals surface area contributed by atoms with Gasteiger partial charge in [-0.25, -0.2) is 0 Å². The van der Waals surface area contributed by atoms with Gasteiger partial charge in [-0.15, -0.1) is 11.6 Å². The SMILES string of the molecule is C[C@@H]1CN(Cc2ccccc2)[C@@H](CCl)CN1. The van der Waals surface area contributed by atoms with Gasteiger partial charge in [-0.05, 0) is 12.5 Å². The highest BCUT2D eigenvalue weighted by Gasteiger charge is 2.24. The lowest BCUT2D eigenvalue weighted by Gasteiger charge is -2.38. The number of nitrogens with zero attached hydrogens (tertiary/aromatic N) is 1. The van der Waals surface area contributed by atoms with Gasteiger partial charge in [0.2, 0.25) is 0 Å². The second kappa shape index (κ2) is 5.67. The second-order valence-corrected chi connectivity index (χ2v) is 4.84. The number of piperazine rings is 1. The fourth-order valence-corrected chi connectivity index (χ4v) is 2.50. The molecule has 1 fully saturated rings. The zero-order valence-corrected chi connectivity index (χ0v) is 10.5. The predicted octanol–water partition coefficient (Wildman–Crippen LogP) is 2.09. The maximum Gasteiger partial charge on any atom is 0.0392 e. The lowest BCUT2D eigenvalue weighted by Crippen LogP contribution is -2.55. The molecule has 2 atom stereocenters. The third kappa shape index (κ3) is 2.97. The first-order chi connectivity index (χ1) is 7.79. The molecule has 0 amide bonds. The predicted molar refractivity (Wildman–Crippen MR) is 68.8 cm³/mol. The highest BCUT2D eigenvalue weighted by molar-refractivity contribution is 6.18. The Morgan fingerprint density at radius 2 is 2.12 bits per heavy atom. The first kappa shape index (κ1) is 11.9. The topological polar surface area (TPSA) is 15.3 Å². The van der Waals surface area contributed by atoms with Gasteiger partial charge >= 0.3 is 0 Å². The summed E-state index contributed by atoms with van der Waals surface area (Å²) in [6, 6.07) is 11.6. The average molecular weight is 239 g/mol. The molecule has 3 heteroatoms. The summed E-state index contributed by atoms with van der Waals surface area (Å²) in [5.74, 6) is 0.701. The smallest absolute Gasteiger partial charge is 0.0392 e. The molecule has 0 saturated carbocycles. The highest BCUT2D eigenvalue weighted by atomic mass is 35.5. The molecule has 0 aliphatic carbocycles. The van der Waals surface area contributed by atoms with Gasteiger partial charge in [0, 0.05) is 37.6 Å². The highest BCUT2D eigenvalue weighted by Crippen LogP contribution is 2.13. The van der Waals surface area contributed by atoms with Crippen molar-refractivity contribution in [2.45, 2.75) is 25.6 Å². The first-order valence-electron chi connectivity index (χ1n) is 5.87. The molecule has 0 spiro atoms. The second-order valence-electron chi connectivity index (χ2n) is 4.53. The molecule has 1 aliphatic rings. The van der Waals surface area contributed by atoms with Gasteiger partial charge in [0.25, 0.3) is 0 Å². The van der Waals surface area contributed by atoms with Gasteiger partial charge in [-0.1, -0.05) is 30.3 Å². The van der Waals surface area contributed by atoms with E-state index in [1.54, 1.807) is 0 Å². The van der Waals surface area contributed by atoms with Crippen molar-refractivity contribution in [3.8, 4) is 0 Å². The fourth-order valence-electron chi connectivity index (χ4n) is 2.20. The Labute approximate surface area is 103 Å². The Balaban J connectivity index is 2.01. The van der Waals surface area contributed by atoms with E-state index in [9.17, 15) is 0 Å². The van der Waals surface area contributed by atoms with Gasteiger partial charge in [-0.3, -0.25) is 4.90 Å². The number of rotatable bonds is 3. The monoisotopic (exact) mass is 238 g/mol. The van der Waals surface area contributed by atoms with E-state index in [1.807, 2.05) is 0 Å². The van der Waals surface area contributed by atoms with E-state index in [4.69, 9.17) is 11.6 Å². The van der Waals surface area contributed by atoms with Crippen LogP contribution in [0.15, 0.2) is 30.3 Å². The number of hydrogen-bond acceptors (Lipinski definition) is 2. The Morgan fingerprint density at radius 1 is 1.38 bits per heavy atom. The van der Waals surface area contributed by atoms with Crippen LogP contribution in [0.1, 0.15) is 12.5 Å². The van der Waals surface area contributed by atoms with Crippen LogP contribution in [0.5, 0.6) is 0 Å². The fraction of sp³-hybridized carbons (Fsp3) is 0.538.